The number of hydrogen-bond acceptors (Lipinski definition) is 3. The number of para-hydroxylation sites is 1. The van der Waals surface area contributed by atoms with Crippen molar-refractivity contribution in [2.45, 2.75) is 33.1 Å². The minimum Gasteiger partial charge on any atom is -0.494 e. The first-order chi connectivity index (χ1) is 9.77. The van der Waals surface area contributed by atoms with Crippen LogP contribution in [0, 0.1) is 0 Å². The lowest BCUT2D eigenvalue weighted by molar-refractivity contribution is -0.121. The minimum absolute atomic E-state index is 0.0922. The maximum atomic E-state index is 11.7. The van der Waals surface area contributed by atoms with Gasteiger partial charge in [0.1, 0.15) is 5.75 Å². The summed E-state index contributed by atoms with van der Waals surface area (Å²) >= 11 is 0. The molecule has 1 aromatic rings. The second-order valence-electron chi connectivity index (χ2n) is 4.64. The van der Waals surface area contributed by atoms with Crippen LogP contribution < -0.4 is 15.4 Å². The third kappa shape index (κ3) is 6.57. The van der Waals surface area contributed by atoms with Crippen molar-refractivity contribution < 1.29 is 9.53 Å². The van der Waals surface area contributed by atoms with Gasteiger partial charge in [0, 0.05) is 19.5 Å². The summed E-state index contributed by atoms with van der Waals surface area (Å²) in [4.78, 5) is 11.7. The van der Waals surface area contributed by atoms with Crippen molar-refractivity contribution in [1.29, 1.82) is 0 Å². The third-order valence-electron chi connectivity index (χ3n) is 2.94. The number of benzene rings is 1. The van der Waals surface area contributed by atoms with Crippen LogP contribution in [0.25, 0.3) is 0 Å². The Balaban J connectivity index is 2.26. The Morgan fingerprint density at radius 1 is 1.15 bits per heavy atom. The van der Waals surface area contributed by atoms with Gasteiger partial charge in [0.25, 0.3) is 0 Å². The maximum Gasteiger partial charge on any atom is 0.220 e. The number of amides is 1. The van der Waals surface area contributed by atoms with Gasteiger partial charge >= 0.3 is 0 Å². The molecular weight excluding hydrogens is 252 g/mol. The quantitative estimate of drug-likeness (QED) is 0.645. The largest absolute Gasteiger partial charge is 0.494 e. The molecule has 0 aliphatic heterocycles. The van der Waals surface area contributed by atoms with Gasteiger partial charge in [-0.1, -0.05) is 25.1 Å². The molecule has 0 atom stereocenters. The highest BCUT2D eigenvalue weighted by molar-refractivity contribution is 5.76. The van der Waals surface area contributed by atoms with E-state index in [-0.39, 0.29) is 5.91 Å². The Morgan fingerprint density at radius 2 is 1.95 bits per heavy atom. The zero-order valence-corrected chi connectivity index (χ0v) is 12.6. The Morgan fingerprint density at radius 3 is 2.70 bits per heavy atom. The zero-order chi connectivity index (χ0) is 14.6. The average molecular weight is 278 g/mol. The van der Waals surface area contributed by atoms with Gasteiger partial charge in [0.15, 0.2) is 0 Å². The summed E-state index contributed by atoms with van der Waals surface area (Å²) in [5.41, 5.74) is 1.09. The molecule has 112 valence electrons. The van der Waals surface area contributed by atoms with E-state index in [2.05, 4.69) is 17.6 Å². The van der Waals surface area contributed by atoms with Gasteiger partial charge in [-0.05, 0) is 37.9 Å². The van der Waals surface area contributed by atoms with Crippen molar-refractivity contribution in [3.63, 3.8) is 0 Å². The normalized spacial score (nSPS) is 10.3. The van der Waals surface area contributed by atoms with E-state index in [1.54, 1.807) is 0 Å². The minimum atomic E-state index is 0.0922. The standard InChI is InChI=1S/C16H26N2O2/c1-3-11-17-12-13-18-16(19)10-9-14-7-5-6-8-15(14)20-4-2/h5-8,17H,3-4,9-13H2,1-2H3,(H,18,19). The molecule has 0 radical (unpaired) electrons. The van der Waals surface area contributed by atoms with E-state index in [0.717, 1.165) is 30.8 Å². The molecule has 1 rings (SSSR count). The van der Waals surface area contributed by atoms with E-state index in [0.29, 0.717) is 26.0 Å². The lowest BCUT2D eigenvalue weighted by Gasteiger charge is -2.10. The monoisotopic (exact) mass is 278 g/mol. The van der Waals surface area contributed by atoms with Crippen LogP contribution in [0.2, 0.25) is 0 Å². The van der Waals surface area contributed by atoms with Crippen LogP contribution in [-0.2, 0) is 11.2 Å². The maximum absolute atomic E-state index is 11.7. The van der Waals surface area contributed by atoms with Crippen LogP contribution >= 0.6 is 0 Å². The molecule has 4 heteroatoms. The Hall–Kier alpha value is -1.55. The van der Waals surface area contributed by atoms with E-state index >= 15 is 0 Å². The highest BCUT2D eigenvalue weighted by Crippen LogP contribution is 2.19. The van der Waals surface area contributed by atoms with Crippen LogP contribution in [0.4, 0.5) is 0 Å². The highest BCUT2D eigenvalue weighted by atomic mass is 16.5. The third-order valence-corrected chi connectivity index (χ3v) is 2.94. The van der Waals surface area contributed by atoms with Gasteiger partial charge in [-0.3, -0.25) is 4.79 Å². The molecule has 0 fully saturated rings. The molecule has 0 heterocycles. The molecule has 2 N–H and O–H groups in total. The topological polar surface area (TPSA) is 50.4 Å². The summed E-state index contributed by atoms with van der Waals surface area (Å²) in [7, 11) is 0. The second kappa shape index (κ2) is 10.3. The molecule has 1 amide bonds. The van der Waals surface area contributed by atoms with Gasteiger partial charge in [0.2, 0.25) is 5.91 Å². The van der Waals surface area contributed by atoms with Gasteiger partial charge in [-0.25, -0.2) is 0 Å². The van der Waals surface area contributed by atoms with Crippen LogP contribution in [0.3, 0.4) is 0 Å². The van der Waals surface area contributed by atoms with Crippen molar-refractivity contribution in [3.8, 4) is 5.75 Å². The summed E-state index contributed by atoms with van der Waals surface area (Å²) < 4.78 is 5.55. The summed E-state index contributed by atoms with van der Waals surface area (Å²) in [5, 5.41) is 6.18. The summed E-state index contributed by atoms with van der Waals surface area (Å²) in [6.07, 6.45) is 2.32. The van der Waals surface area contributed by atoms with E-state index < -0.39 is 0 Å². The molecule has 1 aromatic carbocycles. The van der Waals surface area contributed by atoms with Crippen LogP contribution in [0.1, 0.15) is 32.3 Å². The summed E-state index contributed by atoms with van der Waals surface area (Å²) in [6.45, 7) is 7.25. The fourth-order valence-corrected chi connectivity index (χ4v) is 1.94. The molecule has 4 nitrogen and oxygen atoms in total. The van der Waals surface area contributed by atoms with E-state index in [9.17, 15) is 4.79 Å². The second-order valence-corrected chi connectivity index (χ2v) is 4.64. The average Bonchev–Trinajstić information content (AvgIpc) is 2.46. The number of aryl methyl sites for hydroxylation is 1. The Labute approximate surface area is 121 Å². The number of carbonyl (C=O) groups excluding carboxylic acids is 1. The number of rotatable bonds is 10. The Bertz CT molecular complexity index is 394. The lowest BCUT2D eigenvalue weighted by atomic mass is 10.1. The molecule has 0 spiro atoms. The summed E-state index contributed by atoms with van der Waals surface area (Å²) in [6, 6.07) is 7.89. The van der Waals surface area contributed by atoms with Crippen molar-refractivity contribution >= 4 is 5.91 Å². The highest BCUT2D eigenvalue weighted by Gasteiger charge is 2.06. The summed E-state index contributed by atoms with van der Waals surface area (Å²) in [5.74, 6) is 0.974. The van der Waals surface area contributed by atoms with Gasteiger partial charge in [-0.2, -0.15) is 0 Å². The first-order valence-electron chi connectivity index (χ1n) is 7.46. The van der Waals surface area contributed by atoms with Crippen molar-refractivity contribution in [1.82, 2.24) is 10.6 Å². The van der Waals surface area contributed by atoms with Crippen molar-refractivity contribution in [2.75, 3.05) is 26.2 Å². The SMILES string of the molecule is CCCNCCNC(=O)CCc1ccccc1OCC. The first kappa shape index (κ1) is 16.5. The van der Waals surface area contributed by atoms with Gasteiger partial charge in [-0.15, -0.1) is 0 Å². The van der Waals surface area contributed by atoms with Crippen molar-refractivity contribution in [3.05, 3.63) is 29.8 Å². The van der Waals surface area contributed by atoms with Crippen LogP contribution in [-0.4, -0.2) is 32.1 Å². The van der Waals surface area contributed by atoms with Crippen molar-refractivity contribution in [2.24, 2.45) is 0 Å². The number of ether oxygens (including phenoxy) is 1. The van der Waals surface area contributed by atoms with E-state index in [1.807, 2.05) is 31.2 Å². The molecule has 0 aliphatic carbocycles. The van der Waals surface area contributed by atoms with E-state index in [1.165, 1.54) is 0 Å². The molecule has 20 heavy (non-hydrogen) atoms. The van der Waals surface area contributed by atoms with Crippen LogP contribution in [0.5, 0.6) is 5.75 Å². The zero-order valence-electron chi connectivity index (χ0n) is 12.6. The predicted molar refractivity (Wildman–Crippen MR) is 82.1 cm³/mol. The van der Waals surface area contributed by atoms with Gasteiger partial charge < -0.3 is 15.4 Å². The van der Waals surface area contributed by atoms with Gasteiger partial charge in [0.05, 0.1) is 6.61 Å². The molecule has 0 bridgehead atoms. The molecular formula is C16H26N2O2. The van der Waals surface area contributed by atoms with Crippen LogP contribution in [0.15, 0.2) is 24.3 Å². The molecule has 0 aliphatic rings. The number of hydrogen-bond donors (Lipinski definition) is 2. The molecule has 0 saturated carbocycles. The molecule has 0 aromatic heterocycles. The predicted octanol–water partition coefficient (Wildman–Crippen LogP) is 2.13. The number of carbonyl (C=O) groups is 1. The number of nitrogens with one attached hydrogen (secondary N) is 2. The fourth-order valence-electron chi connectivity index (χ4n) is 1.94. The molecule has 0 saturated heterocycles. The Kier molecular flexibility index (Phi) is 8.47. The lowest BCUT2D eigenvalue weighted by Crippen LogP contribution is -2.32. The van der Waals surface area contributed by atoms with E-state index in [4.69, 9.17) is 4.74 Å². The fraction of sp³-hybridized carbons (Fsp3) is 0.562. The smallest absolute Gasteiger partial charge is 0.220 e. The first-order valence-corrected chi connectivity index (χ1v) is 7.46. The molecule has 0 unspecified atom stereocenters.